The highest BCUT2D eigenvalue weighted by Crippen LogP contribution is 2.16. The van der Waals surface area contributed by atoms with Crippen molar-refractivity contribution in [3.8, 4) is 0 Å². The van der Waals surface area contributed by atoms with E-state index in [9.17, 15) is 9.59 Å². The molecule has 1 aromatic heterocycles. The molecule has 3 heterocycles. The molecule has 0 radical (unpaired) electrons. The predicted octanol–water partition coefficient (Wildman–Crippen LogP) is 0.648. The van der Waals surface area contributed by atoms with E-state index in [1.54, 1.807) is 11.3 Å². The number of likely N-dealkylation sites (tertiary alicyclic amines) is 1. The molecule has 24 heavy (non-hydrogen) atoms. The van der Waals surface area contributed by atoms with Gasteiger partial charge in [0.1, 0.15) is 0 Å². The molecule has 2 fully saturated rings. The van der Waals surface area contributed by atoms with Crippen LogP contribution in [0.15, 0.2) is 11.4 Å². The fourth-order valence-corrected chi connectivity index (χ4v) is 3.95. The van der Waals surface area contributed by atoms with Crippen molar-refractivity contribution in [2.45, 2.75) is 25.8 Å². The quantitative estimate of drug-likeness (QED) is 0.817. The summed E-state index contributed by atoms with van der Waals surface area (Å²) in [5.74, 6) is 0.143. The predicted molar refractivity (Wildman–Crippen MR) is 93.1 cm³/mol. The van der Waals surface area contributed by atoms with E-state index in [2.05, 4.69) is 10.2 Å². The van der Waals surface area contributed by atoms with Gasteiger partial charge in [0.25, 0.3) is 0 Å². The molecule has 1 aromatic rings. The van der Waals surface area contributed by atoms with Crippen molar-refractivity contribution in [2.24, 2.45) is 0 Å². The number of ether oxygens (including phenoxy) is 1. The van der Waals surface area contributed by atoms with Crippen molar-refractivity contribution in [2.75, 3.05) is 45.9 Å². The lowest BCUT2D eigenvalue weighted by Crippen LogP contribution is -2.43. The molecule has 0 bridgehead atoms. The number of nitrogens with zero attached hydrogens (tertiary/aromatic N) is 2. The first-order valence-electron chi connectivity index (χ1n) is 8.52. The van der Waals surface area contributed by atoms with Crippen molar-refractivity contribution >= 4 is 23.2 Å². The van der Waals surface area contributed by atoms with Gasteiger partial charge in [0.05, 0.1) is 25.7 Å². The molecule has 2 aliphatic heterocycles. The van der Waals surface area contributed by atoms with Gasteiger partial charge in [0.2, 0.25) is 11.8 Å². The van der Waals surface area contributed by atoms with Gasteiger partial charge in [-0.3, -0.25) is 14.5 Å². The molecule has 2 saturated heterocycles. The topological polar surface area (TPSA) is 61.9 Å². The second kappa shape index (κ2) is 8.09. The Kier molecular flexibility index (Phi) is 5.86. The number of thiophene rings is 1. The highest BCUT2D eigenvalue weighted by Gasteiger charge is 2.30. The molecular formula is C17H25N3O3S. The van der Waals surface area contributed by atoms with Crippen molar-refractivity contribution in [3.63, 3.8) is 0 Å². The summed E-state index contributed by atoms with van der Waals surface area (Å²) in [6.07, 6.45) is 0.811. The largest absolute Gasteiger partial charge is 0.379 e. The summed E-state index contributed by atoms with van der Waals surface area (Å²) in [5, 5.41) is 5.02. The number of rotatable bonds is 6. The summed E-state index contributed by atoms with van der Waals surface area (Å²) in [6, 6.07) is 1.93. The lowest BCUT2D eigenvalue weighted by Gasteiger charge is -2.28. The average Bonchev–Trinajstić information content (AvgIpc) is 3.12. The van der Waals surface area contributed by atoms with Gasteiger partial charge in [0, 0.05) is 44.0 Å². The number of carbonyl (C=O) groups excluding carboxylic acids is 2. The molecule has 132 valence electrons. The minimum atomic E-state index is -0.0615. The van der Waals surface area contributed by atoms with Gasteiger partial charge in [0.15, 0.2) is 0 Å². The number of hydrogen-bond donors (Lipinski definition) is 1. The van der Waals surface area contributed by atoms with Crippen LogP contribution in [0.4, 0.5) is 0 Å². The Morgan fingerprint density at radius 3 is 2.88 bits per heavy atom. The van der Waals surface area contributed by atoms with E-state index in [1.807, 2.05) is 23.3 Å². The monoisotopic (exact) mass is 351 g/mol. The standard InChI is InChI=1S/C17H25N3O3S/c1-13-14(2-9-24-13)10-16(21)18-15-11-17(22)20(12-15)4-3-19-5-7-23-8-6-19/h2,9,15H,3-8,10-12H2,1H3,(H,18,21). The fraction of sp³-hybridized carbons (Fsp3) is 0.647. The maximum atomic E-state index is 12.2. The Morgan fingerprint density at radius 1 is 1.38 bits per heavy atom. The van der Waals surface area contributed by atoms with E-state index in [1.165, 1.54) is 4.88 Å². The third-order valence-corrected chi connectivity index (χ3v) is 5.57. The fourth-order valence-electron chi connectivity index (χ4n) is 3.22. The SMILES string of the molecule is Cc1sccc1CC(=O)NC1CC(=O)N(CCN2CCOCC2)C1. The van der Waals surface area contributed by atoms with Crippen LogP contribution in [0.25, 0.3) is 0 Å². The molecule has 1 unspecified atom stereocenters. The highest BCUT2D eigenvalue weighted by molar-refractivity contribution is 7.10. The summed E-state index contributed by atoms with van der Waals surface area (Å²) in [7, 11) is 0. The van der Waals surface area contributed by atoms with Gasteiger partial charge in [-0.25, -0.2) is 0 Å². The molecule has 2 aliphatic rings. The van der Waals surface area contributed by atoms with Crippen molar-refractivity contribution in [1.82, 2.24) is 15.1 Å². The van der Waals surface area contributed by atoms with Gasteiger partial charge >= 0.3 is 0 Å². The second-order valence-corrected chi connectivity index (χ2v) is 7.56. The van der Waals surface area contributed by atoms with Crippen LogP contribution in [-0.4, -0.2) is 73.6 Å². The van der Waals surface area contributed by atoms with Crippen LogP contribution < -0.4 is 5.32 Å². The third kappa shape index (κ3) is 4.55. The molecule has 2 amide bonds. The Hall–Kier alpha value is -1.44. The Bertz CT molecular complexity index is 583. The zero-order valence-electron chi connectivity index (χ0n) is 14.1. The summed E-state index contributed by atoms with van der Waals surface area (Å²) in [4.78, 5) is 29.7. The zero-order chi connectivity index (χ0) is 16.9. The number of amides is 2. The molecule has 0 spiro atoms. The molecule has 3 rings (SSSR count). The van der Waals surface area contributed by atoms with Crippen LogP contribution in [0.1, 0.15) is 16.9 Å². The first-order valence-corrected chi connectivity index (χ1v) is 9.40. The second-order valence-electron chi connectivity index (χ2n) is 6.44. The summed E-state index contributed by atoms with van der Waals surface area (Å²) in [6.45, 7) is 7.67. The van der Waals surface area contributed by atoms with E-state index in [4.69, 9.17) is 4.74 Å². The summed E-state index contributed by atoms with van der Waals surface area (Å²) in [5.41, 5.74) is 1.07. The zero-order valence-corrected chi connectivity index (χ0v) is 14.9. The van der Waals surface area contributed by atoms with Crippen molar-refractivity contribution in [3.05, 3.63) is 21.9 Å². The van der Waals surface area contributed by atoms with Crippen LogP contribution in [0.5, 0.6) is 0 Å². The van der Waals surface area contributed by atoms with Crippen LogP contribution >= 0.6 is 11.3 Å². The van der Waals surface area contributed by atoms with E-state index in [0.717, 1.165) is 45.0 Å². The number of aryl methyl sites for hydroxylation is 1. The minimum absolute atomic E-state index is 0.00401. The number of hydrogen-bond acceptors (Lipinski definition) is 5. The van der Waals surface area contributed by atoms with Gasteiger partial charge in [-0.1, -0.05) is 0 Å². The highest BCUT2D eigenvalue weighted by atomic mass is 32.1. The molecule has 0 aliphatic carbocycles. The molecule has 7 heteroatoms. The van der Waals surface area contributed by atoms with Crippen molar-refractivity contribution in [1.29, 1.82) is 0 Å². The normalized spacial score (nSPS) is 22.1. The molecule has 0 aromatic carbocycles. The van der Waals surface area contributed by atoms with Crippen LogP contribution in [0.3, 0.4) is 0 Å². The van der Waals surface area contributed by atoms with Crippen LogP contribution in [0.2, 0.25) is 0 Å². The molecule has 6 nitrogen and oxygen atoms in total. The maximum Gasteiger partial charge on any atom is 0.224 e. The number of carbonyl (C=O) groups is 2. The van der Waals surface area contributed by atoms with Gasteiger partial charge in [-0.15, -0.1) is 11.3 Å². The molecular weight excluding hydrogens is 326 g/mol. The first-order chi connectivity index (χ1) is 11.6. The molecule has 1 N–H and O–H groups in total. The lowest BCUT2D eigenvalue weighted by atomic mass is 10.1. The van der Waals surface area contributed by atoms with E-state index >= 15 is 0 Å². The maximum absolute atomic E-state index is 12.2. The summed E-state index contributed by atoms with van der Waals surface area (Å²) >= 11 is 1.65. The van der Waals surface area contributed by atoms with E-state index < -0.39 is 0 Å². The minimum Gasteiger partial charge on any atom is -0.379 e. The number of morpholine rings is 1. The van der Waals surface area contributed by atoms with Gasteiger partial charge < -0.3 is 15.0 Å². The number of nitrogens with one attached hydrogen (secondary N) is 1. The third-order valence-electron chi connectivity index (χ3n) is 4.69. The van der Waals surface area contributed by atoms with Crippen LogP contribution in [0, 0.1) is 6.92 Å². The van der Waals surface area contributed by atoms with E-state index in [0.29, 0.717) is 19.4 Å². The average molecular weight is 351 g/mol. The van der Waals surface area contributed by atoms with E-state index in [-0.39, 0.29) is 17.9 Å². The summed E-state index contributed by atoms with van der Waals surface area (Å²) < 4.78 is 5.34. The lowest BCUT2D eigenvalue weighted by molar-refractivity contribution is -0.128. The molecule has 0 saturated carbocycles. The smallest absolute Gasteiger partial charge is 0.224 e. The van der Waals surface area contributed by atoms with Gasteiger partial charge in [-0.05, 0) is 23.9 Å². The Morgan fingerprint density at radius 2 is 2.17 bits per heavy atom. The first kappa shape index (κ1) is 17.4. The Labute approximate surface area is 146 Å². The molecule has 1 atom stereocenters. The Balaban J connectivity index is 1.42. The van der Waals surface area contributed by atoms with Crippen molar-refractivity contribution < 1.29 is 14.3 Å². The van der Waals surface area contributed by atoms with Gasteiger partial charge in [-0.2, -0.15) is 0 Å². The van der Waals surface area contributed by atoms with Crippen LogP contribution in [-0.2, 0) is 20.7 Å².